The minimum absolute atomic E-state index is 0.0256. The molecule has 0 aliphatic carbocycles. The van der Waals surface area contributed by atoms with E-state index in [4.69, 9.17) is 0 Å². The summed E-state index contributed by atoms with van der Waals surface area (Å²) < 4.78 is 2.25. The van der Waals surface area contributed by atoms with Gasteiger partial charge >= 0.3 is 5.69 Å². The molecule has 0 saturated carbocycles. The number of aromatic amines is 1. The standard InChI is InChI=1S/C10H9BrN2O2/c1-5(14)6-3-7(11)9-8(4-6)12-10(15)13(9)2/h3-4H,1-2H3,(H,12,15). The predicted octanol–water partition coefficient (Wildman–Crippen LogP) is 1.83. The van der Waals surface area contributed by atoms with E-state index in [1.54, 1.807) is 19.2 Å². The van der Waals surface area contributed by atoms with Gasteiger partial charge in [-0.1, -0.05) is 0 Å². The third kappa shape index (κ3) is 1.52. The molecule has 0 amide bonds. The molecule has 0 unspecified atom stereocenters. The minimum atomic E-state index is -0.189. The van der Waals surface area contributed by atoms with Crippen LogP contribution in [0.15, 0.2) is 21.4 Å². The lowest BCUT2D eigenvalue weighted by atomic mass is 10.1. The number of H-pyrrole nitrogens is 1. The van der Waals surface area contributed by atoms with Crippen molar-refractivity contribution in [2.24, 2.45) is 7.05 Å². The molecule has 2 aromatic rings. The first-order chi connectivity index (χ1) is 7.00. The normalized spacial score (nSPS) is 10.9. The summed E-state index contributed by atoms with van der Waals surface area (Å²) in [6.07, 6.45) is 0. The lowest BCUT2D eigenvalue weighted by molar-refractivity contribution is 0.101. The van der Waals surface area contributed by atoms with E-state index in [1.807, 2.05) is 0 Å². The van der Waals surface area contributed by atoms with Gasteiger partial charge in [0.2, 0.25) is 0 Å². The van der Waals surface area contributed by atoms with Gasteiger partial charge in [-0.15, -0.1) is 0 Å². The van der Waals surface area contributed by atoms with E-state index < -0.39 is 0 Å². The Morgan fingerprint density at radius 1 is 1.47 bits per heavy atom. The van der Waals surface area contributed by atoms with Crippen molar-refractivity contribution < 1.29 is 4.79 Å². The number of ketones is 1. The lowest BCUT2D eigenvalue weighted by Crippen LogP contribution is -2.11. The van der Waals surface area contributed by atoms with E-state index in [0.717, 1.165) is 9.99 Å². The van der Waals surface area contributed by atoms with Crippen molar-refractivity contribution in [3.05, 3.63) is 32.7 Å². The number of nitrogens with one attached hydrogen (secondary N) is 1. The molecule has 0 spiro atoms. The molecule has 5 heteroatoms. The van der Waals surface area contributed by atoms with Gasteiger partial charge in [-0.3, -0.25) is 9.36 Å². The second-order valence-corrected chi connectivity index (χ2v) is 4.25. The average molecular weight is 269 g/mol. The van der Waals surface area contributed by atoms with Crippen molar-refractivity contribution in [1.82, 2.24) is 9.55 Å². The van der Waals surface area contributed by atoms with Crippen molar-refractivity contribution >= 4 is 32.7 Å². The van der Waals surface area contributed by atoms with Crippen LogP contribution in [0.5, 0.6) is 0 Å². The maximum absolute atomic E-state index is 11.4. The average Bonchev–Trinajstić information content (AvgIpc) is 2.42. The highest BCUT2D eigenvalue weighted by molar-refractivity contribution is 9.10. The maximum atomic E-state index is 11.4. The first kappa shape index (κ1) is 10.2. The fourth-order valence-electron chi connectivity index (χ4n) is 1.54. The van der Waals surface area contributed by atoms with Crippen molar-refractivity contribution in [2.45, 2.75) is 6.92 Å². The zero-order valence-corrected chi connectivity index (χ0v) is 9.88. The Bertz CT molecular complexity index is 610. The Hall–Kier alpha value is -1.36. The second kappa shape index (κ2) is 3.34. The van der Waals surface area contributed by atoms with Crippen LogP contribution in [-0.2, 0) is 7.05 Å². The van der Waals surface area contributed by atoms with Crippen LogP contribution in [0.4, 0.5) is 0 Å². The molecule has 4 nitrogen and oxygen atoms in total. The van der Waals surface area contributed by atoms with Crippen LogP contribution in [0.3, 0.4) is 0 Å². The zero-order chi connectivity index (χ0) is 11.2. The van der Waals surface area contributed by atoms with Gasteiger partial charge in [0.15, 0.2) is 5.78 Å². The van der Waals surface area contributed by atoms with Gasteiger partial charge in [0.1, 0.15) is 0 Å². The molecule has 1 N–H and O–H groups in total. The Morgan fingerprint density at radius 2 is 2.13 bits per heavy atom. The lowest BCUT2D eigenvalue weighted by Gasteiger charge is -2.00. The number of carbonyl (C=O) groups excluding carboxylic acids is 1. The Labute approximate surface area is 94.0 Å². The number of halogens is 1. The molecule has 0 bridgehead atoms. The smallest absolute Gasteiger partial charge is 0.305 e. The topological polar surface area (TPSA) is 54.9 Å². The molecule has 1 aromatic heterocycles. The van der Waals surface area contributed by atoms with Gasteiger partial charge in [-0.25, -0.2) is 4.79 Å². The number of carbonyl (C=O) groups is 1. The molecule has 1 aromatic carbocycles. The van der Waals surface area contributed by atoms with Crippen LogP contribution in [0.2, 0.25) is 0 Å². The number of rotatable bonds is 1. The maximum Gasteiger partial charge on any atom is 0.326 e. The van der Waals surface area contributed by atoms with E-state index in [9.17, 15) is 9.59 Å². The van der Waals surface area contributed by atoms with Crippen LogP contribution < -0.4 is 5.69 Å². The fourth-order valence-corrected chi connectivity index (χ4v) is 2.27. The summed E-state index contributed by atoms with van der Waals surface area (Å²) in [5.41, 5.74) is 1.83. The largest absolute Gasteiger partial charge is 0.326 e. The molecular weight excluding hydrogens is 260 g/mol. The number of imidazole rings is 1. The third-order valence-electron chi connectivity index (χ3n) is 2.35. The van der Waals surface area contributed by atoms with Gasteiger partial charge in [-0.2, -0.15) is 0 Å². The summed E-state index contributed by atoms with van der Waals surface area (Å²) in [7, 11) is 1.68. The highest BCUT2D eigenvalue weighted by atomic mass is 79.9. The summed E-state index contributed by atoms with van der Waals surface area (Å²) >= 11 is 3.35. The van der Waals surface area contributed by atoms with Crippen molar-refractivity contribution in [3.63, 3.8) is 0 Å². The molecule has 0 atom stereocenters. The Balaban J connectivity index is 2.90. The van der Waals surface area contributed by atoms with Gasteiger partial charge in [-0.05, 0) is 35.0 Å². The number of benzene rings is 1. The number of hydrogen-bond acceptors (Lipinski definition) is 2. The number of aromatic nitrogens is 2. The summed E-state index contributed by atoms with van der Waals surface area (Å²) in [5, 5.41) is 0. The molecule has 0 saturated heterocycles. The van der Waals surface area contributed by atoms with Gasteiger partial charge < -0.3 is 4.98 Å². The number of aryl methyl sites for hydroxylation is 1. The summed E-state index contributed by atoms with van der Waals surface area (Å²) in [4.78, 5) is 25.3. The number of Topliss-reactive ketones (excluding diaryl/α,β-unsaturated/α-hetero) is 1. The fraction of sp³-hybridized carbons (Fsp3) is 0.200. The zero-order valence-electron chi connectivity index (χ0n) is 8.30. The Kier molecular flexibility index (Phi) is 2.26. The molecule has 0 radical (unpaired) electrons. The van der Waals surface area contributed by atoms with E-state index >= 15 is 0 Å². The van der Waals surface area contributed by atoms with Crippen molar-refractivity contribution in [3.8, 4) is 0 Å². The predicted molar refractivity (Wildman–Crippen MR) is 61.2 cm³/mol. The van der Waals surface area contributed by atoms with E-state index in [0.29, 0.717) is 11.1 Å². The summed E-state index contributed by atoms with van der Waals surface area (Å²) in [6, 6.07) is 3.40. The van der Waals surface area contributed by atoms with E-state index in [-0.39, 0.29) is 11.5 Å². The van der Waals surface area contributed by atoms with Gasteiger partial charge in [0.25, 0.3) is 0 Å². The van der Waals surface area contributed by atoms with Gasteiger partial charge in [0, 0.05) is 17.1 Å². The molecule has 15 heavy (non-hydrogen) atoms. The number of hydrogen-bond donors (Lipinski definition) is 1. The molecule has 0 fully saturated rings. The molecule has 78 valence electrons. The van der Waals surface area contributed by atoms with Crippen molar-refractivity contribution in [1.29, 1.82) is 0 Å². The van der Waals surface area contributed by atoms with Gasteiger partial charge in [0.05, 0.1) is 11.0 Å². The summed E-state index contributed by atoms with van der Waals surface area (Å²) in [5.74, 6) is -0.0256. The highest BCUT2D eigenvalue weighted by Gasteiger charge is 2.10. The number of fused-ring (bicyclic) bond motifs is 1. The van der Waals surface area contributed by atoms with Crippen LogP contribution in [0.1, 0.15) is 17.3 Å². The molecule has 1 heterocycles. The van der Waals surface area contributed by atoms with Crippen LogP contribution >= 0.6 is 15.9 Å². The first-order valence-corrected chi connectivity index (χ1v) is 5.19. The number of nitrogens with zero attached hydrogens (tertiary/aromatic N) is 1. The Morgan fingerprint density at radius 3 is 2.73 bits per heavy atom. The quantitative estimate of drug-likeness (QED) is 0.803. The molecule has 0 aliphatic heterocycles. The van der Waals surface area contributed by atoms with E-state index in [2.05, 4.69) is 20.9 Å². The molecular formula is C10H9BrN2O2. The molecule has 2 rings (SSSR count). The van der Waals surface area contributed by atoms with E-state index in [1.165, 1.54) is 11.5 Å². The first-order valence-electron chi connectivity index (χ1n) is 4.40. The third-order valence-corrected chi connectivity index (χ3v) is 2.96. The second-order valence-electron chi connectivity index (χ2n) is 3.40. The van der Waals surface area contributed by atoms with Crippen LogP contribution in [0.25, 0.3) is 11.0 Å². The van der Waals surface area contributed by atoms with Crippen LogP contribution in [-0.4, -0.2) is 15.3 Å². The summed E-state index contributed by atoms with van der Waals surface area (Å²) in [6.45, 7) is 1.49. The molecule has 0 aliphatic rings. The monoisotopic (exact) mass is 268 g/mol. The highest BCUT2D eigenvalue weighted by Crippen LogP contribution is 2.23. The van der Waals surface area contributed by atoms with Crippen molar-refractivity contribution in [2.75, 3.05) is 0 Å². The SMILES string of the molecule is CC(=O)c1cc(Br)c2c(c1)[nH]c(=O)n2C. The minimum Gasteiger partial charge on any atom is -0.305 e. The van der Waals surface area contributed by atoms with Crippen LogP contribution in [0, 0.1) is 0 Å².